The molecule has 0 radical (unpaired) electrons. The Hall–Kier alpha value is -0.0800. The van der Waals surface area contributed by atoms with Crippen LogP contribution in [0, 0.1) is 5.92 Å². The fourth-order valence-electron chi connectivity index (χ4n) is 1.30. The van der Waals surface area contributed by atoms with Crippen LogP contribution in [0.1, 0.15) is 32.1 Å². The van der Waals surface area contributed by atoms with Crippen molar-refractivity contribution >= 4 is 0 Å². The average molecular weight is 143 g/mol. The summed E-state index contributed by atoms with van der Waals surface area (Å²) in [6.07, 6.45) is 5.89. The van der Waals surface area contributed by atoms with Crippen LogP contribution >= 0.6 is 0 Å². The summed E-state index contributed by atoms with van der Waals surface area (Å²) in [6, 6.07) is 0.508. The Kier molecular flexibility index (Phi) is 3.16. The van der Waals surface area contributed by atoms with Crippen LogP contribution in [0.4, 0.5) is 0 Å². The molecule has 3 N–H and O–H groups in total. The van der Waals surface area contributed by atoms with E-state index in [1.165, 1.54) is 25.7 Å². The molecule has 2 heteroatoms. The van der Waals surface area contributed by atoms with Gasteiger partial charge in [-0.05, 0) is 25.2 Å². The molecule has 0 amide bonds. The van der Waals surface area contributed by atoms with Gasteiger partial charge in [0.05, 0.1) is 0 Å². The SMILES string of the molecule is N[C@@H]1CC1CCCCCO. The Morgan fingerprint density at radius 1 is 1.30 bits per heavy atom. The van der Waals surface area contributed by atoms with E-state index in [-0.39, 0.29) is 0 Å². The third-order valence-electron chi connectivity index (χ3n) is 2.21. The van der Waals surface area contributed by atoms with Gasteiger partial charge in [0, 0.05) is 12.6 Å². The van der Waals surface area contributed by atoms with Gasteiger partial charge >= 0.3 is 0 Å². The Labute approximate surface area is 62.4 Å². The zero-order valence-corrected chi connectivity index (χ0v) is 6.42. The molecule has 2 nitrogen and oxygen atoms in total. The lowest BCUT2D eigenvalue weighted by Gasteiger charge is -1.96. The minimum Gasteiger partial charge on any atom is -0.396 e. The monoisotopic (exact) mass is 143 g/mol. The maximum Gasteiger partial charge on any atom is 0.0431 e. The molecule has 1 saturated carbocycles. The number of unbranched alkanes of at least 4 members (excludes halogenated alkanes) is 2. The standard InChI is InChI=1S/C8H17NO/c9-8-6-7(8)4-2-1-3-5-10/h7-8,10H,1-6,9H2/t7?,8-/m1/s1. The normalized spacial score (nSPS) is 30.6. The second-order valence-corrected chi connectivity index (χ2v) is 3.23. The van der Waals surface area contributed by atoms with Gasteiger partial charge in [0.25, 0.3) is 0 Å². The smallest absolute Gasteiger partial charge is 0.0431 e. The van der Waals surface area contributed by atoms with E-state index < -0.39 is 0 Å². The summed E-state index contributed by atoms with van der Waals surface area (Å²) >= 11 is 0. The number of hydrogen-bond acceptors (Lipinski definition) is 2. The molecule has 1 rings (SSSR count). The van der Waals surface area contributed by atoms with Crippen LogP contribution in [-0.2, 0) is 0 Å². The molecule has 0 heterocycles. The largest absolute Gasteiger partial charge is 0.396 e. The number of aliphatic hydroxyl groups excluding tert-OH is 1. The molecule has 0 aromatic rings. The number of hydrogen-bond donors (Lipinski definition) is 2. The Morgan fingerprint density at radius 3 is 2.50 bits per heavy atom. The van der Waals surface area contributed by atoms with Gasteiger partial charge in [-0.2, -0.15) is 0 Å². The van der Waals surface area contributed by atoms with E-state index in [2.05, 4.69) is 0 Å². The number of nitrogens with two attached hydrogens (primary N) is 1. The van der Waals surface area contributed by atoms with Gasteiger partial charge in [0.15, 0.2) is 0 Å². The third-order valence-corrected chi connectivity index (χ3v) is 2.21. The van der Waals surface area contributed by atoms with Crippen molar-refractivity contribution in [3.05, 3.63) is 0 Å². The van der Waals surface area contributed by atoms with Crippen molar-refractivity contribution in [1.82, 2.24) is 0 Å². The van der Waals surface area contributed by atoms with E-state index in [4.69, 9.17) is 10.8 Å². The summed E-state index contributed by atoms with van der Waals surface area (Å²) < 4.78 is 0. The van der Waals surface area contributed by atoms with Crippen molar-refractivity contribution in [3.63, 3.8) is 0 Å². The molecular weight excluding hydrogens is 126 g/mol. The summed E-state index contributed by atoms with van der Waals surface area (Å²) in [5.41, 5.74) is 5.63. The van der Waals surface area contributed by atoms with Crippen LogP contribution in [0.15, 0.2) is 0 Å². The first kappa shape index (κ1) is 8.02. The van der Waals surface area contributed by atoms with Crippen molar-refractivity contribution in [2.75, 3.05) is 6.61 Å². The van der Waals surface area contributed by atoms with Crippen LogP contribution in [0.25, 0.3) is 0 Å². The van der Waals surface area contributed by atoms with E-state index in [1.807, 2.05) is 0 Å². The van der Waals surface area contributed by atoms with Crippen LogP contribution in [-0.4, -0.2) is 17.8 Å². The van der Waals surface area contributed by atoms with Gasteiger partial charge in [-0.25, -0.2) is 0 Å². The van der Waals surface area contributed by atoms with Gasteiger partial charge in [-0.3, -0.25) is 0 Å². The molecule has 1 aliphatic carbocycles. The van der Waals surface area contributed by atoms with Gasteiger partial charge in [-0.15, -0.1) is 0 Å². The van der Waals surface area contributed by atoms with E-state index >= 15 is 0 Å². The summed E-state index contributed by atoms with van der Waals surface area (Å²) in [6.45, 7) is 0.344. The van der Waals surface area contributed by atoms with Crippen LogP contribution in [0.3, 0.4) is 0 Å². The molecule has 2 atom stereocenters. The molecular formula is C8H17NO. The topological polar surface area (TPSA) is 46.2 Å². The molecule has 1 aliphatic rings. The predicted molar refractivity (Wildman–Crippen MR) is 41.6 cm³/mol. The first-order valence-electron chi connectivity index (χ1n) is 4.21. The Morgan fingerprint density at radius 2 is 2.00 bits per heavy atom. The van der Waals surface area contributed by atoms with Crippen molar-refractivity contribution in [3.8, 4) is 0 Å². The highest BCUT2D eigenvalue weighted by atomic mass is 16.2. The van der Waals surface area contributed by atoms with Gasteiger partial charge in [0.1, 0.15) is 0 Å². The summed E-state index contributed by atoms with van der Waals surface area (Å²) in [5.74, 6) is 0.818. The van der Waals surface area contributed by atoms with Crippen LogP contribution in [0.2, 0.25) is 0 Å². The van der Waals surface area contributed by atoms with Crippen molar-refractivity contribution in [2.45, 2.75) is 38.1 Å². The molecule has 0 bridgehead atoms. The quantitative estimate of drug-likeness (QED) is 0.561. The highest BCUT2D eigenvalue weighted by Crippen LogP contribution is 2.32. The molecule has 0 saturated heterocycles. The second-order valence-electron chi connectivity index (χ2n) is 3.23. The third kappa shape index (κ3) is 2.67. The second kappa shape index (κ2) is 3.94. The summed E-state index contributed by atoms with van der Waals surface area (Å²) in [4.78, 5) is 0. The highest BCUT2D eigenvalue weighted by molar-refractivity contribution is 4.89. The van der Waals surface area contributed by atoms with Gasteiger partial charge < -0.3 is 10.8 Å². The van der Waals surface area contributed by atoms with E-state index in [0.717, 1.165) is 12.3 Å². The van der Waals surface area contributed by atoms with E-state index in [9.17, 15) is 0 Å². The number of aliphatic hydroxyl groups is 1. The minimum atomic E-state index is 0.344. The molecule has 0 aliphatic heterocycles. The molecule has 1 fully saturated rings. The fourth-order valence-corrected chi connectivity index (χ4v) is 1.30. The lowest BCUT2D eigenvalue weighted by molar-refractivity contribution is 0.282. The highest BCUT2D eigenvalue weighted by Gasteiger charge is 2.31. The van der Waals surface area contributed by atoms with Crippen LogP contribution in [0.5, 0.6) is 0 Å². The van der Waals surface area contributed by atoms with Crippen LogP contribution < -0.4 is 5.73 Å². The predicted octanol–water partition coefficient (Wildman–Crippen LogP) is 0.886. The van der Waals surface area contributed by atoms with Gasteiger partial charge in [-0.1, -0.05) is 12.8 Å². The van der Waals surface area contributed by atoms with Crippen molar-refractivity contribution in [2.24, 2.45) is 11.7 Å². The maximum atomic E-state index is 8.47. The summed E-state index contributed by atoms with van der Waals surface area (Å²) in [7, 11) is 0. The molecule has 0 aromatic carbocycles. The first-order chi connectivity index (χ1) is 4.84. The van der Waals surface area contributed by atoms with Crippen molar-refractivity contribution < 1.29 is 5.11 Å². The number of rotatable bonds is 5. The van der Waals surface area contributed by atoms with E-state index in [1.54, 1.807) is 0 Å². The molecule has 1 unspecified atom stereocenters. The first-order valence-corrected chi connectivity index (χ1v) is 4.21. The summed E-state index contributed by atoms with van der Waals surface area (Å²) in [5, 5.41) is 8.47. The van der Waals surface area contributed by atoms with Crippen molar-refractivity contribution in [1.29, 1.82) is 0 Å². The van der Waals surface area contributed by atoms with E-state index in [0.29, 0.717) is 12.6 Å². The maximum absolute atomic E-state index is 8.47. The zero-order valence-electron chi connectivity index (χ0n) is 6.42. The van der Waals surface area contributed by atoms with Gasteiger partial charge in [0.2, 0.25) is 0 Å². The zero-order chi connectivity index (χ0) is 7.40. The molecule has 0 spiro atoms. The Bertz CT molecular complexity index is 95.3. The lowest BCUT2D eigenvalue weighted by Crippen LogP contribution is -2.01. The molecule has 10 heavy (non-hydrogen) atoms. The lowest BCUT2D eigenvalue weighted by atomic mass is 10.1. The minimum absolute atomic E-state index is 0.344. The Balaban J connectivity index is 1.78. The average Bonchev–Trinajstić information content (AvgIpc) is 2.60. The fraction of sp³-hybridized carbons (Fsp3) is 1.00. The molecule has 60 valence electrons. The molecule has 0 aromatic heterocycles.